The van der Waals surface area contributed by atoms with Crippen molar-refractivity contribution in [1.29, 1.82) is 0 Å². The number of hydrazine groups is 1. The van der Waals surface area contributed by atoms with E-state index in [1.165, 1.54) is 0 Å². The van der Waals surface area contributed by atoms with Gasteiger partial charge >= 0.3 is 0 Å². The maximum atomic E-state index is 14.0. The van der Waals surface area contributed by atoms with E-state index in [2.05, 4.69) is 33.0 Å². The fourth-order valence-corrected chi connectivity index (χ4v) is 6.56. The van der Waals surface area contributed by atoms with Crippen LogP contribution in [0.3, 0.4) is 0 Å². The summed E-state index contributed by atoms with van der Waals surface area (Å²) in [7, 11) is 0. The highest BCUT2D eigenvalue weighted by atomic mass is 16.2. The molecule has 2 amide bonds. The molecule has 35 heavy (non-hydrogen) atoms. The van der Waals surface area contributed by atoms with E-state index >= 15 is 0 Å². The van der Waals surface area contributed by atoms with Gasteiger partial charge in [-0.05, 0) is 57.1 Å². The number of carbonyl (C=O) groups excluding carboxylic acids is 2. The van der Waals surface area contributed by atoms with Crippen LogP contribution in [-0.4, -0.2) is 64.4 Å². The molecule has 9 heteroatoms. The summed E-state index contributed by atoms with van der Waals surface area (Å²) >= 11 is 0. The zero-order chi connectivity index (χ0) is 24.0. The van der Waals surface area contributed by atoms with E-state index in [1.807, 2.05) is 51.9 Å². The standard InChI is InChI=1S/C26H35N7O2/c1-2-31-13-10-23(29-31)32-18-33(21-6-4-3-5-7-21)26(25(32)35)11-14-30(15-12-26)24(34)19-8-9-22-20(16-19)17-27-28-22/h3-7,10,13,19-20,22,27-28H,2,8-9,11-12,14-18H2,1H3. The summed E-state index contributed by atoms with van der Waals surface area (Å²) in [5.41, 5.74) is 7.00. The first-order chi connectivity index (χ1) is 17.1. The maximum Gasteiger partial charge on any atom is 0.255 e. The summed E-state index contributed by atoms with van der Waals surface area (Å²) in [4.78, 5) is 33.5. The van der Waals surface area contributed by atoms with Crippen LogP contribution < -0.4 is 20.7 Å². The number of aryl methyl sites for hydroxylation is 1. The Bertz CT molecular complexity index is 1080. The van der Waals surface area contributed by atoms with Gasteiger partial charge in [-0.2, -0.15) is 5.10 Å². The molecule has 0 radical (unpaired) electrons. The van der Waals surface area contributed by atoms with Gasteiger partial charge in [0.15, 0.2) is 5.82 Å². The zero-order valence-corrected chi connectivity index (χ0v) is 20.4. The highest BCUT2D eigenvalue weighted by Gasteiger charge is 2.55. The first-order valence-corrected chi connectivity index (χ1v) is 13.0. The third-order valence-electron chi connectivity index (χ3n) is 8.62. The first kappa shape index (κ1) is 22.5. The van der Waals surface area contributed by atoms with E-state index in [9.17, 15) is 9.59 Å². The van der Waals surface area contributed by atoms with E-state index < -0.39 is 5.54 Å². The van der Waals surface area contributed by atoms with Crippen LogP contribution in [-0.2, 0) is 16.1 Å². The largest absolute Gasteiger partial charge is 0.342 e. The minimum Gasteiger partial charge on any atom is -0.342 e. The Kier molecular flexibility index (Phi) is 5.76. The van der Waals surface area contributed by atoms with Crippen molar-refractivity contribution in [3.05, 3.63) is 42.6 Å². The number of fused-ring (bicyclic) bond motifs is 1. The summed E-state index contributed by atoms with van der Waals surface area (Å²) in [6, 6.07) is 12.6. The Labute approximate surface area is 206 Å². The Morgan fingerprint density at radius 3 is 2.69 bits per heavy atom. The molecule has 1 spiro atoms. The molecule has 186 valence electrons. The van der Waals surface area contributed by atoms with Gasteiger partial charge in [0.25, 0.3) is 5.91 Å². The summed E-state index contributed by atoms with van der Waals surface area (Å²) in [5.74, 6) is 1.71. The number of hydrogen-bond acceptors (Lipinski definition) is 6. The minimum atomic E-state index is -0.648. The second kappa shape index (κ2) is 8.95. The van der Waals surface area contributed by atoms with Crippen LogP contribution in [0.15, 0.2) is 42.6 Å². The van der Waals surface area contributed by atoms with E-state index in [0.717, 1.165) is 38.0 Å². The molecular weight excluding hydrogens is 442 g/mol. The molecule has 4 fully saturated rings. The van der Waals surface area contributed by atoms with Gasteiger partial charge in [-0.3, -0.25) is 30.0 Å². The first-order valence-electron chi connectivity index (χ1n) is 13.0. The molecule has 9 nitrogen and oxygen atoms in total. The van der Waals surface area contributed by atoms with Crippen LogP contribution in [0.2, 0.25) is 0 Å². The van der Waals surface area contributed by atoms with Crippen molar-refractivity contribution in [1.82, 2.24) is 25.5 Å². The number of anilines is 2. The van der Waals surface area contributed by atoms with Gasteiger partial charge in [-0.1, -0.05) is 18.2 Å². The Hall–Kier alpha value is -2.91. The smallest absolute Gasteiger partial charge is 0.255 e. The number of aromatic nitrogens is 2. The van der Waals surface area contributed by atoms with Gasteiger partial charge in [-0.25, -0.2) is 0 Å². The number of likely N-dealkylation sites (tertiary alicyclic amines) is 1. The van der Waals surface area contributed by atoms with Crippen molar-refractivity contribution in [2.24, 2.45) is 11.8 Å². The number of nitrogens with one attached hydrogen (secondary N) is 2. The predicted molar refractivity (Wildman–Crippen MR) is 133 cm³/mol. The monoisotopic (exact) mass is 477 g/mol. The lowest BCUT2D eigenvalue weighted by molar-refractivity contribution is -0.140. The van der Waals surface area contributed by atoms with E-state index in [0.29, 0.717) is 50.4 Å². The minimum absolute atomic E-state index is 0.0958. The third-order valence-corrected chi connectivity index (χ3v) is 8.62. The van der Waals surface area contributed by atoms with Crippen molar-refractivity contribution < 1.29 is 9.59 Å². The molecule has 1 aromatic carbocycles. The average molecular weight is 478 g/mol. The van der Waals surface area contributed by atoms with Gasteiger partial charge in [0, 0.05) is 56.1 Å². The molecular formula is C26H35N7O2. The van der Waals surface area contributed by atoms with Gasteiger partial charge in [0.1, 0.15) is 12.2 Å². The normalized spacial score (nSPS) is 28.1. The molecule has 2 N–H and O–H groups in total. The van der Waals surface area contributed by atoms with Crippen LogP contribution in [0.1, 0.15) is 39.0 Å². The molecule has 3 unspecified atom stereocenters. The Morgan fingerprint density at radius 2 is 1.94 bits per heavy atom. The number of para-hydroxylation sites is 1. The van der Waals surface area contributed by atoms with Crippen molar-refractivity contribution in [3.63, 3.8) is 0 Å². The summed E-state index contributed by atoms with van der Waals surface area (Å²) in [6.45, 7) is 5.46. The number of amides is 2. The molecule has 3 atom stereocenters. The van der Waals surface area contributed by atoms with Gasteiger partial charge < -0.3 is 9.80 Å². The predicted octanol–water partition coefficient (Wildman–Crippen LogP) is 1.97. The van der Waals surface area contributed by atoms with E-state index in [-0.39, 0.29) is 17.7 Å². The van der Waals surface area contributed by atoms with Crippen LogP contribution in [0.4, 0.5) is 11.5 Å². The highest BCUT2D eigenvalue weighted by Crippen LogP contribution is 2.41. The van der Waals surface area contributed by atoms with Gasteiger partial charge in [0.05, 0.1) is 0 Å². The molecule has 4 heterocycles. The highest BCUT2D eigenvalue weighted by molar-refractivity contribution is 6.05. The number of nitrogens with zero attached hydrogens (tertiary/aromatic N) is 5. The molecule has 4 aliphatic rings. The van der Waals surface area contributed by atoms with E-state index in [4.69, 9.17) is 0 Å². The topological polar surface area (TPSA) is 85.7 Å². The maximum absolute atomic E-state index is 14.0. The van der Waals surface area contributed by atoms with Crippen LogP contribution >= 0.6 is 0 Å². The Morgan fingerprint density at radius 1 is 1.14 bits per heavy atom. The van der Waals surface area contributed by atoms with Crippen molar-refractivity contribution >= 4 is 23.3 Å². The number of benzene rings is 1. The lowest BCUT2D eigenvalue weighted by atomic mass is 9.77. The summed E-state index contributed by atoms with van der Waals surface area (Å²) < 4.78 is 1.85. The fraction of sp³-hybridized carbons (Fsp3) is 0.577. The van der Waals surface area contributed by atoms with Gasteiger partial charge in [0.2, 0.25) is 5.91 Å². The molecule has 1 saturated carbocycles. The molecule has 3 aliphatic heterocycles. The third kappa shape index (κ3) is 3.81. The quantitative estimate of drug-likeness (QED) is 0.701. The molecule has 1 aliphatic carbocycles. The van der Waals surface area contributed by atoms with Crippen molar-refractivity contribution in [2.45, 2.75) is 57.2 Å². The summed E-state index contributed by atoms with van der Waals surface area (Å²) in [6.07, 6.45) is 6.14. The van der Waals surface area contributed by atoms with Crippen LogP contribution in [0, 0.1) is 11.8 Å². The number of piperidine rings is 1. The van der Waals surface area contributed by atoms with Crippen molar-refractivity contribution in [3.8, 4) is 0 Å². The number of carbonyl (C=O) groups is 2. The number of rotatable bonds is 4. The molecule has 3 saturated heterocycles. The number of hydrogen-bond donors (Lipinski definition) is 2. The average Bonchev–Trinajstić information content (AvgIpc) is 3.63. The van der Waals surface area contributed by atoms with Crippen molar-refractivity contribution in [2.75, 3.05) is 36.1 Å². The van der Waals surface area contributed by atoms with E-state index in [1.54, 1.807) is 0 Å². The summed E-state index contributed by atoms with van der Waals surface area (Å²) in [5, 5.41) is 4.62. The fourth-order valence-electron chi connectivity index (χ4n) is 6.56. The Balaban J connectivity index is 1.21. The van der Waals surface area contributed by atoms with Crippen LogP contribution in [0.5, 0.6) is 0 Å². The van der Waals surface area contributed by atoms with Gasteiger partial charge in [-0.15, -0.1) is 0 Å². The second-order valence-corrected chi connectivity index (χ2v) is 10.4. The molecule has 1 aromatic heterocycles. The zero-order valence-electron chi connectivity index (χ0n) is 20.4. The SMILES string of the molecule is CCn1ccc(N2CN(c3ccccc3)C3(CCN(C(=O)C4CCC5NNCC5C4)CC3)C2=O)n1. The molecule has 2 aromatic rings. The lowest BCUT2D eigenvalue weighted by Gasteiger charge is -2.44. The molecule has 6 rings (SSSR count). The van der Waals surface area contributed by atoms with Crippen LogP contribution in [0.25, 0.3) is 0 Å². The second-order valence-electron chi connectivity index (χ2n) is 10.4. The lowest BCUT2D eigenvalue weighted by Crippen LogP contribution is -2.58. The molecule has 0 bridgehead atoms.